The molecule has 8 heavy (non-hydrogen) atoms. The Morgan fingerprint density at radius 3 is 2.62 bits per heavy atom. The van der Waals surface area contributed by atoms with E-state index in [9.17, 15) is 0 Å². The highest BCUT2D eigenvalue weighted by molar-refractivity contribution is 6.32. The first-order valence-electron chi connectivity index (χ1n) is 2.43. The smallest absolute Gasteiger partial charge is 0.0374 e. The average Bonchev–Trinajstić information content (AvgIpc) is 1.68. The summed E-state index contributed by atoms with van der Waals surface area (Å²) in [5.41, 5.74) is 1.40. The van der Waals surface area contributed by atoms with Crippen LogP contribution in [0.25, 0.3) is 0 Å². The minimum absolute atomic E-state index is 0.697. The van der Waals surface area contributed by atoms with E-state index in [4.69, 9.17) is 23.2 Å². The van der Waals surface area contributed by atoms with Crippen LogP contribution in [0.2, 0.25) is 0 Å². The lowest BCUT2D eigenvalue weighted by Gasteiger charge is -1.81. The Bertz CT molecular complexity index is 103. The molecule has 0 aliphatic rings. The van der Waals surface area contributed by atoms with E-state index < -0.39 is 0 Å². The summed E-state index contributed by atoms with van der Waals surface area (Å²) in [5.74, 6) is 0. The van der Waals surface area contributed by atoms with Gasteiger partial charge in [-0.1, -0.05) is 36.2 Å². The van der Waals surface area contributed by atoms with Crippen molar-refractivity contribution >= 4 is 23.2 Å². The first kappa shape index (κ1) is 8.06. The van der Waals surface area contributed by atoms with Crippen LogP contribution in [0, 0.1) is 0 Å². The second-order valence-corrected chi connectivity index (χ2v) is 1.98. The minimum atomic E-state index is 0.697. The van der Waals surface area contributed by atoms with Crippen molar-refractivity contribution in [1.29, 1.82) is 0 Å². The lowest BCUT2D eigenvalue weighted by Crippen LogP contribution is -1.59. The molecule has 0 fully saturated rings. The maximum atomic E-state index is 5.57. The van der Waals surface area contributed by atoms with Crippen LogP contribution in [-0.4, -0.2) is 0 Å². The Morgan fingerprint density at radius 1 is 1.62 bits per heavy atom. The SMILES string of the molecule is CCC=C(Cl)C=CCl. The molecule has 0 amide bonds. The number of allylic oxidation sites excluding steroid dienone is 3. The molecule has 0 unspecified atom stereocenters. The van der Waals surface area contributed by atoms with E-state index in [1.807, 2.05) is 13.0 Å². The van der Waals surface area contributed by atoms with Gasteiger partial charge in [0.1, 0.15) is 0 Å². The fraction of sp³-hybridized carbons (Fsp3) is 0.333. The first-order valence-corrected chi connectivity index (χ1v) is 3.25. The standard InChI is InChI=1S/C6H8Cl2/c1-2-3-6(8)4-5-7/h3-5H,2H2,1H3. The molecule has 0 heterocycles. The summed E-state index contributed by atoms with van der Waals surface area (Å²) in [5, 5.41) is 0.697. The van der Waals surface area contributed by atoms with Crippen LogP contribution in [0.15, 0.2) is 22.7 Å². The summed E-state index contributed by atoms with van der Waals surface area (Å²) < 4.78 is 0. The van der Waals surface area contributed by atoms with Gasteiger partial charge in [0.25, 0.3) is 0 Å². The van der Waals surface area contributed by atoms with E-state index >= 15 is 0 Å². The molecule has 0 spiro atoms. The van der Waals surface area contributed by atoms with Gasteiger partial charge >= 0.3 is 0 Å². The quantitative estimate of drug-likeness (QED) is 0.531. The van der Waals surface area contributed by atoms with Crippen LogP contribution in [0.4, 0.5) is 0 Å². The van der Waals surface area contributed by atoms with Gasteiger partial charge in [-0.05, 0) is 12.5 Å². The van der Waals surface area contributed by atoms with E-state index in [1.54, 1.807) is 6.08 Å². The maximum absolute atomic E-state index is 5.57. The Balaban J connectivity index is 3.61. The van der Waals surface area contributed by atoms with Gasteiger partial charge in [0.05, 0.1) is 0 Å². The largest absolute Gasteiger partial charge is 0.0929 e. The summed E-state index contributed by atoms with van der Waals surface area (Å²) in [6, 6.07) is 0. The van der Waals surface area contributed by atoms with Gasteiger partial charge in [-0.15, -0.1) is 0 Å². The Hall–Kier alpha value is 0.0600. The van der Waals surface area contributed by atoms with E-state index in [0.29, 0.717) is 5.03 Å². The Labute approximate surface area is 59.8 Å². The molecule has 0 nitrogen and oxygen atoms in total. The van der Waals surface area contributed by atoms with Crippen molar-refractivity contribution in [3.8, 4) is 0 Å². The summed E-state index contributed by atoms with van der Waals surface area (Å²) in [6.07, 6.45) is 4.48. The highest BCUT2D eigenvalue weighted by Gasteiger charge is 1.77. The van der Waals surface area contributed by atoms with E-state index in [1.165, 1.54) is 5.54 Å². The second-order valence-electron chi connectivity index (χ2n) is 1.29. The number of rotatable bonds is 2. The molecule has 0 atom stereocenters. The molecule has 0 aliphatic carbocycles. The fourth-order valence-corrected chi connectivity index (χ4v) is 0.741. The predicted octanol–water partition coefficient (Wildman–Crippen LogP) is 3.27. The summed E-state index contributed by atoms with van der Waals surface area (Å²) in [6.45, 7) is 2.02. The third-order valence-electron chi connectivity index (χ3n) is 0.621. The molecule has 0 aromatic carbocycles. The van der Waals surface area contributed by atoms with Crippen LogP contribution in [0.3, 0.4) is 0 Å². The molecule has 0 saturated carbocycles. The molecular weight excluding hydrogens is 143 g/mol. The molecule has 0 aromatic rings. The normalized spacial score (nSPS) is 13.1. The van der Waals surface area contributed by atoms with Gasteiger partial charge in [-0.2, -0.15) is 0 Å². The number of hydrogen-bond acceptors (Lipinski definition) is 0. The molecular formula is C6H8Cl2. The van der Waals surface area contributed by atoms with Crippen molar-refractivity contribution in [1.82, 2.24) is 0 Å². The lowest BCUT2D eigenvalue weighted by molar-refractivity contribution is 1.22. The van der Waals surface area contributed by atoms with Gasteiger partial charge in [-0.25, -0.2) is 0 Å². The highest BCUT2D eigenvalue weighted by Crippen LogP contribution is 2.04. The van der Waals surface area contributed by atoms with Crippen LogP contribution in [-0.2, 0) is 0 Å². The second kappa shape index (κ2) is 5.20. The van der Waals surface area contributed by atoms with Gasteiger partial charge in [0, 0.05) is 10.6 Å². The zero-order valence-electron chi connectivity index (χ0n) is 4.70. The lowest BCUT2D eigenvalue weighted by atomic mass is 10.4. The minimum Gasteiger partial charge on any atom is -0.0929 e. The molecule has 0 N–H and O–H groups in total. The monoisotopic (exact) mass is 150 g/mol. The highest BCUT2D eigenvalue weighted by atomic mass is 35.5. The third-order valence-corrected chi connectivity index (χ3v) is 1.03. The summed E-state index contributed by atoms with van der Waals surface area (Å²) in [7, 11) is 0. The molecule has 0 rings (SSSR count). The molecule has 0 aromatic heterocycles. The molecule has 46 valence electrons. The number of hydrogen-bond donors (Lipinski definition) is 0. The van der Waals surface area contributed by atoms with Crippen LogP contribution >= 0.6 is 23.2 Å². The Morgan fingerprint density at radius 2 is 2.25 bits per heavy atom. The molecule has 0 radical (unpaired) electrons. The van der Waals surface area contributed by atoms with Crippen LogP contribution < -0.4 is 0 Å². The van der Waals surface area contributed by atoms with Crippen LogP contribution in [0.1, 0.15) is 13.3 Å². The van der Waals surface area contributed by atoms with Crippen molar-refractivity contribution in [3.63, 3.8) is 0 Å². The van der Waals surface area contributed by atoms with Gasteiger partial charge in [0.15, 0.2) is 0 Å². The number of halogens is 2. The third kappa shape index (κ3) is 4.23. The fourth-order valence-electron chi connectivity index (χ4n) is 0.323. The maximum Gasteiger partial charge on any atom is 0.0374 e. The Kier molecular flexibility index (Phi) is 5.24. The van der Waals surface area contributed by atoms with Crippen molar-refractivity contribution in [2.75, 3.05) is 0 Å². The predicted molar refractivity (Wildman–Crippen MR) is 39.2 cm³/mol. The first-order chi connectivity index (χ1) is 3.81. The molecule has 0 bridgehead atoms. The summed E-state index contributed by atoms with van der Waals surface area (Å²) in [4.78, 5) is 0. The van der Waals surface area contributed by atoms with Crippen molar-refractivity contribution in [2.45, 2.75) is 13.3 Å². The molecule has 0 saturated heterocycles. The van der Waals surface area contributed by atoms with E-state index in [-0.39, 0.29) is 0 Å². The zero-order chi connectivity index (χ0) is 6.41. The van der Waals surface area contributed by atoms with Crippen LogP contribution in [0.5, 0.6) is 0 Å². The average molecular weight is 151 g/mol. The van der Waals surface area contributed by atoms with E-state index in [0.717, 1.165) is 6.42 Å². The zero-order valence-corrected chi connectivity index (χ0v) is 6.21. The van der Waals surface area contributed by atoms with Crippen molar-refractivity contribution < 1.29 is 0 Å². The van der Waals surface area contributed by atoms with Gasteiger partial charge in [-0.3, -0.25) is 0 Å². The van der Waals surface area contributed by atoms with Gasteiger partial charge < -0.3 is 0 Å². The molecule has 2 heteroatoms. The van der Waals surface area contributed by atoms with E-state index in [2.05, 4.69) is 0 Å². The van der Waals surface area contributed by atoms with Crippen molar-refractivity contribution in [2.24, 2.45) is 0 Å². The topological polar surface area (TPSA) is 0 Å². The van der Waals surface area contributed by atoms with Gasteiger partial charge in [0.2, 0.25) is 0 Å². The van der Waals surface area contributed by atoms with Crippen molar-refractivity contribution in [3.05, 3.63) is 22.7 Å². The molecule has 0 aliphatic heterocycles. The summed E-state index contributed by atoms with van der Waals surface area (Å²) >= 11 is 10.8.